The van der Waals surface area contributed by atoms with Crippen LogP contribution in [0.25, 0.3) is 0 Å². The number of benzene rings is 2. The van der Waals surface area contributed by atoms with Gasteiger partial charge in [0.25, 0.3) is 0 Å². The molecule has 0 saturated heterocycles. The van der Waals surface area contributed by atoms with Gasteiger partial charge in [-0.05, 0) is 23.8 Å². The number of halogens is 2. The van der Waals surface area contributed by atoms with Gasteiger partial charge in [-0.2, -0.15) is 0 Å². The quantitative estimate of drug-likeness (QED) is 0.591. The first-order valence-electron chi connectivity index (χ1n) is 7.24. The van der Waals surface area contributed by atoms with E-state index in [1.807, 2.05) is 0 Å². The average Bonchev–Trinajstić information content (AvgIpc) is 2.58. The van der Waals surface area contributed by atoms with Crippen molar-refractivity contribution in [3.63, 3.8) is 0 Å². The molecular formula is C16H16Cl2N2O5S. The zero-order chi connectivity index (χ0) is 19.5. The van der Waals surface area contributed by atoms with Crippen LogP contribution in [0.5, 0.6) is 5.75 Å². The van der Waals surface area contributed by atoms with Gasteiger partial charge in [0, 0.05) is 6.54 Å². The molecule has 0 unspecified atom stereocenters. The molecule has 0 amide bonds. The molecular weight excluding hydrogens is 403 g/mol. The molecule has 140 valence electrons. The first-order valence-corrected chi connectivity index (χ1v) is 9.65. The minimum atomic E-state index is -3.88. The van der Waals surface area contributed by atoms with Crippen LogP contribution in [0.3, 0.4) is 0 Å². The Morgan fingerprint density at radius 3 is 2.42 bits per heavy atom. The van der Waals surface area contributed by atoms with Crippen molar-refractivity contribution in [3.05, 3.63) is 51.5 Å². The molecule has 0 aliphatic rings. The number of nitrogens with two attached hydrogens (primary N) is 1. The standard InChI is InChI=1S/C16H16Cl2N2O5S/c1-25-10-4-2-9(3-5-10)7-20-8-26(23,24)12-6-11(17)13(16(21)22)14(18)15(12)19/h2-6,20H,7-8,19H2,1H3,(H,21,22). The molecule has 0 saturated carbocycles. The third-order valence-electron chi connectivity index (χ3n) is 3.55. The van der Waals surface area contributed by atoms with E-state index in [-0.39, 0.29) is 22.2 Å². The molecule has 2 aromatic rings. The monoisotopic (exact) mass is 418 g/mol. The lowest BCUT2D eigenvalue weighted by Crippen LogP contribution is -2.24. The summed E-state index contributed by atoms with van der Waals surface area (Å²) < 4.78 is 30.1. The summed E-state index contributed by atoms with van der Waals surface area (Å²) in [5, 5.41) is 11.2. The zero-order valence-electron chi connectivity index (χ0n) is 13.6. The number of hydrogen-bond acceptors (Lipinski definition) is 6. The number of hydrogen-bond donors (Lipinski definition) is 3. The zero-order valence-corrected chi connectivity index (χ0v) is 16.0. The van der Waals surface area contributed by atoms with Gasteiger partial charge in [-0.25, -0.2) is 13.2 Å². The third kappa shape index (κ3) is 4.39. The summed E-state index contributed by atoms with van der Waals surface area (Å²) in [4.78, 5) is 10.8. The Balaban J connectivity index is 2.18. The third-order valence-corrected chi connectivity index (χ3v) is 5.83. The number of rotatable bonds is 7. The molecule has 0 spiro atoms. The molecule has 0 heterocycles. The highest BCUT2D eigenvalue weighted by Crippen LogP contribution is 2.35. The maximum atomic E-state index is 12.5. The number of anilines is 1. The number of aromatic carboxylic acids is 1. The second kappa shape index (κ2) is 8.13. The van der Waals surface area contributed by atoms with E-state index >= 15 is 0 Å². The van der Waals surface area contributed by atoms with Crippen molar-refractivity contribution in [1.29, 1.82) is 0 Å². The lowest BCUT2D eigenvalue weighted by molar-refractivity contribution is 0.0697. The van der Waals surface area contributed by atoms with Gasteiger partial charge in [-0.1, -0.05) is 35.3 Å². The van der Waals surface area contributed by atoms with Crippen LogP contribution in [0, 0.1) is 0 Å². The van der Waals surface area contributed by atoms with Gasteiger partial charge in [0.2, 0.25) is 0 Å². The van der Waals surface area contributed by atoms with Crippen molar-refractivity contribution in [2.75, 3.05) is 18.7 Å². The first-order chi connectivity index (χ1) is 12.2. The van der Waals surface area contributed by atoms with Crippen LogP contribution in [0.2, 0.25) is 10.0 Å². The van der Waals surface area contributed by atoms with E-state index in [9.17, 15) is 13.2 Å². The summed E-state index contributed by atoms with van der Waals surface area (Å²) >= 11 is 11.7. The predicted molar refractivity (Wildman–Crippen MR) is 99.7 cm³/mol. The lowest BCUT2D eigenvalue weighted by Gasteiger charge is -2.13. The van der Waals surface area contributed by atoms with Crippen molar-refractivity contribution in [1.82, 2.24) is 5.32 Å². The Hall–Kier alpha value is -2.00. The molecule has 2 rings (SSSR count). The number of carboxylic acid groups (broad SMARTS) is 1. The van der Waals surface area contributed by atoms with Gasteiger partial charge >= 0.3 is 5.97 Å². The smallest absolute Gasteiger partial charge is 0.338 e. The van der Waals surface area contributed by atoms with E-state index in [0.717, 1.165) is 11.6 Å². The number of carbonyl (C=O) groups is 1. The molecule has 0 atom stereocenters. The van der Waals surface area contributed by atoms with Crippen LogP contribution in [0.15, 0.2) is 35.2 Å². The SMILES string of the molecule is COc1ccc(CNCS(=O)(=O)c2cc(Cl)c(C(=O)O)c(Cl)c2N)cc1. The Labute approximate surface area is 160 Å². The number of ether oxygens (including phenoxy) is 1. The summed E-state index contributed by atoms with van der Waals surface area (Å²) in [7, 11) is -2.33. The Morgan fingerprint density at radius 1 is 1.27 bits per heavy atom. The molecule has 0 aliphatic carbocycles. The number of nitrogens with one attached hydrogen (secondary N) is 1. The fourth-order valence-electron chi connectivity index (χ4n) is 2.22. The van der Waals surface area contributed by atoms with Crippen LogP contribution in [-0.4, -0.2) is 32.5 Å². The number of sulfone groups is 1. The molecule has 0 aliphatic heterocycles. The van der Waals surface area contributed by atoms with Crippen molar-refractivity contribution < 1.29 is 23.1 Å². The van der Waals surface area contributed by atoms with Gasteiger partial charge < -0.3 is 15.6 Å². The summed E-state index contributed by atoms with van der Waals surface area (Å²) in [5.74, 6) is -1.13. The lowest BCUT2D eigenvalue weighted by atomic mass is 10.2. The molecule has 10 heteroatoms. The van der Waals surface area contributed by atoms with Crippen LogP contribution in [-0.2, 0) is 16.4 Å². The van der Waals surface area contributed by atoms with Crippen molar-refractivity contribution >= 4 is 44.7 Å². The van der Waals surface area contributed by atoms with Crippen molar-refractivity contribution in [2.45, 2.75) is 11.4 Å². The summed E-state index contributed by atoms with van der Waals surface area (Å²) in [5.41, 5.74) is 5.79. The highest BCUT2D eigenvalue weighted by atomic mass is 35.5. The van der Waals surface area contributed by atoms with Gasteiger partial charge in [0.05, 0.1) is 33.3 Å². The highest BCUT2D eigenvalue weighted by Gasteiger charge is 2.25. The summed E-state index contributed by atoms with van der Waals surface area (Å²) in [6, 6.07) is 8.10. The minimum absolute atomic E-state index is 0.289. The maximum absolute atomic E-state index is 12.5. The molecule has 0 aromatic heterocycles. The molecule has 0 fully saturated rings. The predicted octanol–water partition coefficient (Wildman–Crippen LogP) is 2.80. The molecule has 7 nitrogen and oxygen atoms in total. The van der Waals surface area contributed by atoms with Gasteiger partial charge in [0.15, 0.2) is 9.84 Å². The van der Waals surface area contributed by atoms with E-state index in [1.165, 1.54) is 0 Å². The van der Waals surface area contributed by atoms with Crippen molar-refractivity contribution in [2.24, 2.45) is 0 Å². The van der Waals surface area contributed by atoms with E-state index in [4.69, 9.17) is 38.8 Å². The molecule has 4 N–H and O–H groups in total. The molecule has 2 aromatic carbocycles. The van der Waals surface area contributed by atoms with Crippen LogP contribution < -0.4 is 15.8 Å². The van der Waals surface area contributed by atoms with E-state index < -0.39 is 32.3 Å². The number of methoxy groups -OCH3 is 1. The fourth-order valence-corrected chi connectivity index (χ4v) is 4.22. The van der Waals surface area contributed by atoms with Crippen LogP contribution >= 0.6 is 23.2 Å². The van der Waals surface area contributed by atoms with E-state index in [1.54, 1.807) is 31.4 Å². The van der Waals surface area contributed by atoms with E-state index in [2.05, 4.69) is 5.32 Å². The van der Waals surface area contributed by atoms with E-state index in [0.29, 0.717) is 5.75 Å². The van der Waals surface area contributed by atoms with Crippen LogP contribution in [0.4, 0.5) is 5.69 Å². The Morgan fingerprint density at radius 2 is 1.88 bits per heavy atom. The molecule has 0 radical (unpaired) electrons. The molecule has 0 bridgehead atoms. The summed E-state index contributed by atoms with van der Waals surface area (Å²) in [6.07, 6.45) is 0. The number of carboxylic acids is 1. The van der Waals surface area contributed by atoms with Gasteiger partial charge in [0.1, 0.15) is 11.6 Å². The minimum Gasteiger partial charge on any atom is -0.497 e. The number of nitrogen functional groups attached to an aromatic ring is 1. The first kappa shape index (κ1) is 20.3. The average molecular weight is 419 g/mol. The van der Waals surface area contributed by atoms with Gasteiger partial charge in [-0.3, -0.25) is 5.32 Å². The second-order valence-corrected chi connectivity index (χ2v) is 8.04. The Bertz CT molecular complexity index is 931. The second-order valence-electron chi connectivity index (χ2n) is 5.30. The maximum Gasteiger partial charge on any atom is 0.338 e. The normalized spacial score (nSPS) is 11.3. The summed E-state index contributed by atoms with van der Waals surface area (Å²) in [6.45, 7) is 0.289. The topological polar surface area (TPSA) is 119 Å². The van der Waals surface area contributed by atoms with Crippen molar-refractivity contribution in [3.8, 4) is 5.75 Å². The fraction of sp³-hybridized carbons (Fsp3) is 0.188. The molecule has 26 heavy (non-hydrogen) atoms. The van der Waals surface area contributed by atoms with Crippen LogP contribution in [0.1, 0.15) is 15.9 Å². The largest absolute Gasteiger partial charge is 0.497 e. The Kier molecular flexibility index (Phi) is 6.35. The highest BCUT2D eigenvalue weighted by molar-refractivity contribution is 7.91. The van der Waals surface area contributed by atoms with Gasteiger partial charge in [-0.15, -0.1) is 0 Å².